The van der Waals surface area contributed by atoms with Crippen molar-refractivity contribution >= 4 is 6.09 Å². The maximum Gasteiger partial charge on any atom is 0.411 e. The van der Waals surface area contributed by atoms with Crippen LogP contribution in [0, 0.1) is 11.6 Å². The molecule has 6 heteroatoms. The molecule has 0 radical (unpaired) electrons. The van der Waals surface area contributed by atoms with E-state index in [1.807, 2.05) is 0 Å². The molecular weight excluding hydrogens is 314 g/mol. The number of amides is 1. The Balaban J connectivity index is 1.95. The summed E-state index contributed by atoms with van der Waals surface area (Å²) in [7, 11) is 0. The van der Waals surface area contributed by atoms with E-state index in [0.29, 0.717) is 30.8 Å². The topological polar surface area (TPSA) is 41.6 Å². The van der Waals surface area contributed by atoms with Crippen molar-refractivity contribution in [1.82, 2.24) is 10.2 Å². The Morgan fingerprint density at radius 2 is 1.71 bits per heavy atom. The fourth-order valence-corrected chi connectivity index (χ4v) is 3.66. The lowest BCUT2D eigenvalue weighted by atomic mass is 9.79. The molecule has 2 heterocycles. The summed E-state index contributed by atoms with van der Waals surface area (Å²) in [5.41, 5.74) is -0.246. The normalized spacial score (nSPS) is 22.2. The second kappa shape index (κ2) is 5.56. The number of nitrogens with one attached hydrogen (secondary N) is 1. The average molecular weight is 330 g/mol. The van der Waals surface area contributed by atoms with Crippen LogP contribution in [-0.2, 0) is 10.3 Å². The molecule has 2 aromatic carbocycles. The molecule has 2 saturated heterocycles. The van der Waals surface area contributed by atoms with Gasteiger partial charge in [0.15, 0.2) is 5.60 Å². The number of halogens is 2. The summed E-state index contributed by atoms with van der Waals surface area (Å²) in [6.07, 6.45) is -0.463. The van der Waals surface area contributed by atoms with Gasteiger partial charge >= 0.3 is 6.09 Å². The second-order valence-electron chi connectivity index (χ2n) is 6.04. The maximum absolute atomic E-state index is 13.9. The smallest absolute Gasteiger partial charge is 0.411 e. The minimum Gasteiger partial charge on any atom is -0.431 e. The van der Waals surface area contributed by atoms with Gasteiger partial charge < -0.3 is 10.1 Å². The van der Waals surface area contributed by atoms with Gasteiger partial charge in [-0.3, -0.25) is 4.90 Å². The molecule has 1 atom stereocenters. The minimum atomic E-state index is -1.24. The number of fused-ring (bicyclic) bond motifs is 1. The highest BCUT2D eigenvalue weighted by molar-refractivity contribution is 5.74. The Morgan fingerprint density at radius 3 is 2.29 bits per heavy atom. The van der Waals surface area contributed by atoms with Crippen LogP contribution in [0.5, 0.6) is 0 Å². The van der Waals surface area contributed by atoms with Crippen molar-refractivity contribution in [2.24, 2.45) is 0 Å². The number of hydrogen-bond donors (Lipinski definition) is 1. The Kier molecular flexibility index (Phi) is 3.49. The van der Waals surface area contributed by atoms with E-state index in [4.69, 9.17) is 4.74 Å². The lowest BCUT2D eigenvalue weighted by Crippen LogP contribution is -2.55. The summed E-state index contributed by atoms with van der Waals surface area (Å²) in [6.45, 7) is 1.64. The third-order valence-corrected chi connectivity index (χ3v) is 4.70. The van der Waals surface area contributed by atoms with Crippen LogP contribution in [0.15, 0.2) is 48.5 Å². The Bertz CT molecular complexity index is 751. The molecule has 2 aromatic rings. The SMILES string of the molecule is O=C1OC(c2cccc(F)c2)(c2cccc(F)c2)C2CNCCN12. The van der Waals surface area contributed by atoms with E-state index in [0.717, 1.165) is 0 Å². The van der Waals surface area contributed by atoms with E-state index in [1.54, 1.807) is 29.2 Å². The number of benzene rings is 2. The zero-order valence-electron chi connectivity index (χ0n) is 12.8. The van der Waals surface area contributed by atoms with Gasteiger partial charge in [-0.05, 0) is 24.3 Å². The highest BCUT2D eigenvalue weighted by Gasteiger charge is 2.57. The monoisotopic (exact) mass is 330 g/mol. The zero-order valence-corrected chi connectivity index (χ0v) is 12.8. The molecule has 0 spiro atoms. The van der Waals surface area contributed by atoms with Crippen LogP contribution in [0.1, 0.15) is 11.1 Å². The summed E-state index contributed by atoms with van der Waals surface area (Å²) in [5, 5.41) is 3.24. The van der Waals surface area contributed by atoms with E-state index in [-0.39, 0.29) is 6.04 Å². The van der Waals surface area contributed by atoms with Crippen molar-refractivity contribution in [3.63, 3.8) is 0 Å². The van der Waals surface area contributed by atoms with E-state index in [2.05, 4.69) is 5.32 Å². The van der Waals surface area contributed by atoms with Gasteiger partial charge in [0.2, 0.25) is 0 Å². The largest absolute Gasteiger partial charge is 0.431 e. The Hall–Kier alpha value is -2.47. The molecule has 2 aliphatic heterocycles. The first-order valence-electron chi connectivity index (χ1n) is 7.84. The number of nitrogens with zero attached hydrogens (tertiary/aromatic N) is 1. The van der Waals surface area contributed by atoms with Gasteiger partial charge in [-0.1, -0.05) is 24.3 Å². The molecule has 124 valence electrons. The lowest BCUT2D eigenvalue weighted by Gasteiger charge is -2.38. The average Bonchev–Trinajstić information content (AvgIpc) is 2.89. The molecular formula is C18H16F2N2O2. The summed E-state index contributed by atoms with van der Waals surface area (Å²) in [5.74, 6) is -0.858. The highest BCUT2D eigenvalue weighted by Crippen LogP contribution is 2.45. The molecule has 0 bridgehead atoms. The summed E-state index contributed by atoms with van der Waals surface area (Å²) in [4.78, 5) is 14.1. The third kappa shape index (κ3) is 2.17. The molecule has 1 N–H and O–H groups in total. The quantitative estimate of drug-likeness (QED) is 0.920. The van der Waals surface area contributed by atoms with Gasteiger partial charge in [-0.25, -0.2) is 13.6 Å². The molecule has 4 rings (SSSR count). The second-order valence-corrected chi connectivity index (χ2v) is 6.04. The number of hydrogen-bond acceptors (Lipinski definition) is 3. The van der Waals surface area contributed by atoms with Crippen molar-refractivity contribution in [3.8, 4) is 0 Å². The fraction of sp³-hybridized carbons (Fsp3) is 0.278. The van der Waals surface area contributed by atoms with Gasteiger partial charge in [0, 0.05) is 30.8 Å². The van der Waals surface area contributed by atoms with Crippen molar-refractivity contribution < 1.29 is 18.3 Å². The Morgan fingerprint density at radius 1 is 1.08 bits per heavy atom. The van der Waals surface area contributed by atoms with E-state index < -0.39 is 23.3 Å². The number of carbonyl (C=O) groups is 1. The van der Waals surface area contributed by atoms with Crippen LogP contribution >= 0.6 is 0 Å². The van der Waals surface area contributed by atoms with Crippen LogP contribution in [0.2, 0.25) is 0 Å². The van der Waals surface area contributed by atoms with Crippen LogP contribution < -0.4 is 5.32 Å². The van der Waals surface area contributed by atoms with Crippen LogP contribution in [-0.4, -0.2) is 36.7 Å². The number of rotatable bonds is 2. The molecule has 0 aliphatic carbocycles. The van der Waals surface area contributed by atoms with Crippen molar-refractivity contribution in [2.45, 2.75) is 11.6 Å². The fourth-order valence-electron chi connectivity index (χ4n) is 3.66. The first kappa shape index (κ1) is 15.1. The molecule has 0 aromatic heterocycles. The van der Waals surface area contributed by atoms with Crippen LogP contribution in [0.25, 0.3) is 0 Å². The van der Waals surface area contributed by atoms with Gasteiger partial charge in [0.25, 0.3) is 0 Å². The van der Waals surface area contributed by atoms with E-state index in [9.17, 15) is 13.6 Å². The zero-order chi connectivity index (χ0) is 16.7. The molecule has 2 aliphatic rings. The van der Waals surface area contributed by atoms with Gasteiger partial charge in [0.1, 0.15) is 11.6 Å². The highest BCUT2D eigenvalue weighted by atomic mass is 19.1. The van der Waals surface area contributed by atoms with E-state index in [1.165, 1.54) is 24.3 Å². The molecule has 24 heavy (non-hydrogen) atoms. The number of cyclic esters (lactones) is 1. The first-order valence-corrected chi connectivity index (χ1v) is 7.84. The van der Waals surface area contributed by atoms with Crippen molar-refractivity contribution in [1.29, 1.82) is 0 Å². The Labute approximate surface area is 138 Å². The van der Waals surface area contributed by atoms with E-state index >= 15 is 0 Å². The first-order chi connectivity index (χ1) is 11.6. The lowest BCUT2D eigenvalue weighted by molar-refractivity contribution is 0.0652. The molecule has 0 saturated carbocycles. The summed E-state index contributed by atoms with van der Waals surface area (Å²) in [6, 6.07) is 11.5. The number of ether oxygens (including phenoxy) is 1. The van der Waals surface area contributed by atoms with Gasteiger partial charge in [-0.2, -0.15) is 0 Å². The summed E-state index contributed by atoms with van der Waals surface area (Å²) >= 11 is 0. The molecule has 1 amide bonds. The van der Waals surface area contributed by atoms with Crippen LogP contribution in [0.4, 0.5) is 13.6 Å². The number of piperazine rings is 1. The van der Waals surface area contributed by atoms with Crippen molar-refractivity contribution in [3.05, 3.63) is 71.3 Å². The number of carbonyl (C=O) groups excluding carboxylic acids is 1. The third-order valence-electron chi connectivity index (χ3n) is 4.70. The van der Waals surface area contributed by atoms with Gasteiger partial charge in [-0.15, -0.1) is 0 Å². The van der Waals surface area contributed by atoms with Crippen LogP contribution in [0.3, 0.4) is 0 Å². The standard InChI is InChI=1S/C18H16F2N2O2/c19-14-5-1-3-12(9-14)18(13-4-2-6-15(20)10-13)16-11-21-7-8-22(16)17(23)24-18/h1-6,9-10,16,21H,7-8,11H2. The predicted octanol–water partition coefficient (Wildman–Crippen LogP) is 2.63. The molecule has 4 nitrogen and oxygen atoms in total. The van der Waals surface area contributed by atoms with Crippen molar-refractivity contribution in [2.75, 3.05) is 19.6 Å². The molecule has 1 unspecified atom stereocenters. The predicted molar refractivity (Wildman–Crippen MR) is 83.4 cm³/mol. The summed E-state index contributed by atoms with van der Waals surface area (Å²) < 4.78 is 33.5. The minimum absolute atomic E-state index is 0.373. The van der Waals surface area contributed by atoms with Gasteiger partial charge in [0.05, 0.1) is 6.04 Å². The maximum atomic E-state index is 13.9. The molecule has 2 fully saturated rings.